The highest BCUT2D eigenvalue weighted by Gasteiger charge is 2.29. The molecule has 3 amide bonds. The maximum absolute atomic E-state index is 12.7. The number of imide groups is 1. The summed E-state index contributed by atoms with van der Waals surface area (Å²) in [4.78, 5) is 37.4. The van der Waals surface area contributed by atoms with Gasteiger partial charge in [-0.25, -0.2) is 0 Å². The standard InChI is InChI=1S/C18H20N2O4S/c1-2-3-7-13-11-20(10-12-6-4-5-8-14(12)24-13)16(21)9-15-17(22)19-18(23)25-15/h4-6,8-9,13H,2-3,7,10-11H2,1H3,(H,19,22,23). The van der Waals surface area contributed by atoms with Crippen LogP contribution in [0.3, 0.4) is 0 Å². The molecule has 1 aromatic carbocycles. The van der Waals surface area contributed by atoms with Crippen molar-refractivity contribution in [3.63, 3.8) is 0 Å². The molecular formula is C18H20N2O4S. The highest BCUT2D eigenvalue weighted by Crippen LogP contribution is 2.28. The minimum absolute atomic E-state index is 0.0855. The van der Waals surface area contributed by atoms with E-state index in [2.05, 4.69) is 12.2 Å². The number of hydrogen-bond acceptors (Lipinski definition) is 5. The van der Waals surface area contributed by atoms with E-state index in [1.54, 1.807) is 4.90 Å². The molecular weight excluding hydrogens is 340 g/mol. The Labute approximate surface area is 150 Å². The van der Waals surface area contributed by atoms with E-state index in [1.807, 2.05) is 24.3 Å². The third kappa shape index (κ3) is 4.22. The maximum Gasteiger partial charge on any atom is 0.290 e. The molecule has 0 saturated carbocycles. The average molecular weight is 360 g/mol. The number of hydrogen-bond donors (Lipinski definition) is 1. The molecule has 2 aliphatic heterocycles. The monoisotopic (exact) mass is 360 g/mol. The molecule has 1 aromatic rings. The number of carbonyl (C=O) groups excluding carboxylic acids is 3. The van der Waals surface area contributed by atoms with Crippen molar-refractivity contribution in [2.45, 2.75) is 38.8 Å². The number of nitrogens with one attached hydrogen (secondary N) is 1. The maximum atomic E-state index is 12.7. The van der Waals surface area contributed by atoms with E-state index < -0.39 is 11.1 Å². The molecule has 0 bridgehead atoms. The second-order valence-electron chi connectivity index (χ2n) is 6.06. The van der Waals surface area contributed by atoms with Gasteiger partial charge in [0.05, 0.1) is 11.4 Å². The molecule has 2 heterocycles. The number of ether oxygens (including phenoxy) is 1. The van der Waals surface area contributed by atoms with Crippen molar-refractivity contribution in [3.8, 4) is 5.75 Å². The van der Waals surface area contributed by atoms with Crippen molar-refractivity contribution >= 4 is 28.8 Å². The summed E-state index contributed by atoms with van der Waals surface area (Å²) in [5, 5.41) is 1.71. The SMILES string of the molecule is CCCCC1CN(C(=O)C=C2SC(=O)NC2=O)Cc2ccccc2O1. The molecule has 7 heteroatoms. The fourth-order valence-electron chi connectivity index (χ4n) is 2.86. The number of para-hydroxylation sites is 1. The lowest BCUT2D eigenvalue weighted by molar-refractivity contribution is -0.127. The summed E-state index contributed by atoms with van der Waals surface area (Å²) < 4.78 is 6.09. The first-order valence-electron chi connectivity index (χ1n) is 8.35. The molecule has 132 valence electrons. The first kappa shape index (κ1) is 17.5. The smallest absolute Gasteiger partial charge is 0.290 e. The number of amides is 3. The minimum Gasteiger partial charge on any atom is -0.488 e. The van der Waals surface area contributed by atoms with E-state index in [0.717, 1.165) is 42.3 Å². The van der Waals surface area contributed by atoms with Gasteiger partial charge in [-0.1, -0.05) is 31.5 Å². The van der Waals surface area contributed by atoms with Gasteiger partial charge in [0.2, 0.25) is 5.91 Å². The molecule has 0 radical (unpaired) electrons. The van der Waals surface area contributed by atoms with Gasteiger partial charge in [0, 0.05) is 18.2 Å². The molecule has 25 heavy (non-hydrogen) atoms. The van der Waals surface area contributed by atoms with Crippen molar-refractivity contribution in [1.29, 1.82) is 0 Å². The summed E-state index contributed by atoms with van der Waals surface area (Å²) in [7, 11) is 0. The zero-order valence-electron chi connectivity index (χ0n) is 14.0. The van der Waals surface area contributed by atoms with Gasteiger partial charge in [-0.05, 0) is 30.7 Å². The molecule has 1 saturated heterocycles. The zero-order chi connectivity index (χ0) is 17.8. The van der Waals surface area contributed by atoms with Gasteiger partial charge in [-0.15, -0.1) is 0 Å². The summed E-state index contributed by atoms with van der Waals surface area (Å²) in [6.07, 6.45) is 4.09. The Kier molecular flexibility index (Phi) is 5.43. The Morgan fingerprint density at radius 3 is 2.92 bits per heavy atom. The number of thioether (sulfide) groups is 1. The van der Waals surface area contributed by atoms with Crippen LogP contribution in [0.1, 0.15) is 31.7 Å². The third-order valence-electron chi connectivity index (χ3n) is 4.14. The van der Waals surface area contributed by atoms with Crippen molar-refractivity contribution in [1.82, 2.24) is 10.2 Å². The lowest BCUT2D eigenvalue weighted by Crippen LogP contribution is -2.36. The third-order valence-corrected chi connectivity index (χ3v) is 4.95. The topological polar surface area (TPSA) is 75.7 Å². The summed E-state index contributed by atoms with van der Waals surface area (Å²) in [6.45, 7) is 2.99. The number of unbranched alkanes of at least 4 members (excludes halogenated alkanes) is 1. The van der Waals surface area contributed by atoms with Gasteiger partial charge in [-0.3, -0.25) is 19.7 Å². The van der Waals surface area contributed by atoms with Crippen LogP contribution in [0.15, 0.2) is 35.2 Å². The largest absolute Gasteiger partial charge is 0.488 e. The molecule has 3 rings (SSSR count). The van der Waals surface area contributed by atoms with Gasteiger partial charge in [0.25, 0.3) is 11.1 Å². The summed E-state index contributed by atoms with van der Waals surface area (Å²) in [6, 6.07) is 7.68. The number of fused-ring (bicyclic) bond motifs is 1. The van der Waals surface area contributed by atoms with Crippen molar-refractivity contribution in [3.05, 3.63) is 40.8 Å². The predicted octanol–water partition coefficient (Wildman–Crippen LogP) is 2.83. The lowest BCUT2D eigenvalue weighted by atomic mass is 10.1. The van der Waals surface area contributed by atoms with Crippen LogP contribution in [0.2, 0.25) is 0 Å². The summed E-state index contributed by atoms with van der Waals surface area (Å²) in [5.41, 5.74) is 0.938. The quantitative estimate of drug-likeness (QED) is 0.836. The van der Waals surface area contributed by atoms with Crippen LogP contribution < -0.4 is 10.1 Å². The van der Waals surface area contributed by atoms with Crippen LogP contribution in [0.4, 0.5) is 4.79 Å². The van der Waals surface area contributed by atoms with Crippen LogP contribution in [0.25, 0.3) is 0 Å². The molecule has 1 atom stereocenters. The van der Waals surface area contributed by atoms with Crippen LogP contribution >= 0.6 is 11.8 Å². The predicted molar refractivity (Wildman–Crippen MR) is 95.0 cm³/mol. The first-order valence-corrected chi connectivity index (χ1v) is 9.16. The second-order valence-corrected chi connectivity index (χ2v) is 7.08. The molecule has 0 aromatic heterocycles. The van der Waals surface area contributed by atoms with Crippen LogP contribution in [0, 0.1) is 0 Å². The van der Waals surface area contributed by atoms with Crippen molar-refractivity contribution in [2.24, 2.45) is 0 Å². The molecule has 0 spiro atoms. The zero-order valence-corrected chi connectivity index (χ0v) is 14.8. The van der Waals surface area contributed by atoms with E-state index in [0.29, 0.717) is 13.1 Å². The lowest BCUT2D eigenvalue weighted by Gasteiger charge is -2.23. The van der Waals surface area contributed by atoms with E-state index in [-0.39, 0.29) is 16.9 Å². The fourth-order valence-corrected chi connectivity index (χ4v) is 3.50. The van der Waals surface area contributed by atoms with E-state index in [1.165, 1.54) is 6.08 Å². The molecule has 1 N–H and O–H groups in total. The normalized spacial score (nSPS) is 21.6. The number of nitrogens with zero attached hydrogens (tertiary/aromatic N) is 1. The van der Waals surface area contributed by atoms with Gasteiger partial charge < -0.3 is 9.64 Å². The highest BCUT2D eigenvalue weighted by molar-refractivity contribution is 8.18. The number of benzene rings is 1. The molecule has 1 fully saturated rings. The van der Waals surface area contributed by atoms with Crippen LogP contribution in [-0.2, 0) is 16.1 Å². The molecule has 0 aliphatic carbocycles. The Morgan fingerprint density at radius 1 is 1.40 bits per heavy atom. The Hall–Kier alpha value is -2.28. The average Bonchev–Trinajstić information content (AvgIpc) is 2.80. The van der Waals surface area contributed by atoms with Gasteiger partial charge >= 0.3 is 0 Å². The summed E-state index contributed by atoms with van der Waals surface area (Å²) in [5.74, 6) is 0.00113. The van der Waals surface area contributed by atoms with Crippen molar-refractivity contribution in [2.75, 3.05) is 6.54 Å². The Bertz CT molecular complexity index is 732. The first-order chi connectivity index (χ1) is 12.1. The van der Waals surface area contributed by atoms with E-state index >= 15 is 0 Å². The van der Waals surface area contributed by atoms with E-state index in [9.17, 15) is 14.4 Å². The summed E-state index contributed by atoms with van der Waals surface area (Å²) >= 11 is 0.754. The van der Waals surface area contributed by atoms with Gasteiger partial charge in [-0.2, -0.15) is 0 Å². The van der Waals surface area contributed by atoms with Crippen molar-refractivity contribution < 1.29 is 19.1 Å². The van der Waals surface area contributed by atoms with Crippen LogP contribution in [-0.4, -0.2) is 34.6 Å². The van der Waals surface area contributed by atoms with Gasteiger partial charge in [0.15, 0.2) is 0 Å². The van der Waals surface area contributed by atoms with Crippen LogP contribution in [0.5, 0.6) is 5.75 Å². The molecule has 6 nitrogen and oxygen atoms in total. The molecule has 1 unspecified atom stereocenters. The van der Waals surface area contributed by atoms with Gasteiger partial charge in [0.1, 0.15) is 11.9 Å². The Balaban J connectivity index is 1.81. The highest BCUT2D eigenvalue weighted by atomic mass is 32.2. The molecule has 2 aliphatic rings. The number of rotatable bonds is 4. The second kappa shape index (κ2) is 7.74. The minimum atomic E-state index is -0.516. The number of carbonyl (C=O) groups is 3. The Morgan fingerprint density at radius 2 is 2.20 bits per heavy atom. The van der Waals surface area contributed by atoms with E-state index in [4.69, 9.17) is 4.74 Å². The fraction of sp³-hybridized carbons (Fsp3) is 0.389.